The molecule has 0 saturated carbocycles. The van der Waals surface area contributed by atoms with Crippen molar-refractivity contribution < 1.29 is 23.9 Å². The molecule has 1 saturated heterocycles. The zero-order valence-corrected chi connectivity index (χ0v) is 23.7. The van der Waals surface area contributed by atoms with Crippen molar-refractivity contribution in [1.82, 2.24) is 4.98 Å². The number of amides is 3. The van der Waals surface area contributed by atoms with Gasteiger partial charge >= 0.3 is 4.87 Å². The van der Waals surface area contributed by atoms with Crippen LogP contribution in [0.3, 0.4) is 0 Å². The third-order valence-corrected chi connectivity index (χ3v) is 9.50. The molecule has 6 rings (SSSR count). The lowest BCUT2D eigenvalue weighted by molar-refractivity contribution is -0.122. The largest absolute Gasteiger partial charge is 0.497 e. The van der Waals surface area contributed by atoms with Crippen molar-refractivity contribution in [2.45, 2.75) is 23.1 Å². The van der Waals surface area contributed by atoms with Gasteiger partial charge in [0, 0.05) is 22.0 Å². The third kappa shape index (κ3) is 5.02. The Labute approximate surface area is 243 Å². The number of thioether (sulfide) groups is 1. The Kier molecular flexibility index (Phi) is 7.14. The minimum absolute atomic E-state index is 0.262. The van der Waals surface area contributed by atoms with Gasteiger partial charge in [-0.05, 0) is 49.4 Å². The van der Waals surface area contributed by atoms with Crippen molar-refractivity contribution in [2.24, 2.45) is 5.92 Å². The Morgan fingerprint density at radius 1 is 0.976 bits per heavy atom. The summed E-state index contributed by atoms with van der Waals surface area (Å²) in [7, 11) is 1.54. The van der Waals surface area contributed by atoms with E-state index in [0.29, 0.717) is 38.3 Å². The van der Waals surface area contributed by atoms with E-state index in [-0.39, 0.29) is 29.2 Å². The minimum Gasteiger partial charge on any atom is -0.497 e. The normalized spacial score (nSPS) is 19.5. The Hall–Kier alpha value is -4.35. The van der Waals surface area contributed by atoms with E-state index in [1.54, 1.807) is 43.5 Å². The standard InChI is InChI=1S/C30H25N3O6S2/c1-16-7-9-17(10-8-16)31-22(34)15-39-21-6-4-3-5-20(21)23-24-26(40-27-25(23)41-30(37)32-27)29(36)33(28(24)35)18-11-13-19(38-2)14-12-18/h3-14,23-24,26H,15H2,1-2H3,(H,31,34)(H,32,37)/t23-,24-,26+/m0/s1. The first-order valence-corrected chi connectivity index (χ1v) is 14.5. The number of carbonyl (C=O) groups is 3. The quantitative estimate of drug-likeness (QED) is 0.304. The van der Waals surface area contributed by atoms with E-state index in [9.17, 15) is 19.2 Å². The molecule has 2 aliphatic heterocycles. The molecule has 41 heavy (non-hydrogen) atoms. The molecule has 2 aliphatic rings. The molecule has 0 unspecified atom stereocenters. The van der Waals surface area contributed by atoms with Crippen LogP contribution in [-0.2, 0) is 14.4 Å². The molecular formula is C30H25N3O6S2. The van der Waals surface area contributed by atoms with Gasteiger partial charge in [-0.2, -0.15) is 0 Å². The first-order chi connectivity index (χ1) is 19.8. The number of aromatic amines is 1. The number of para-hydroxylation sites is 1. The summed E-state index contributed by atoms with van der Waals surface area (Å²) in [6, 6.07) is 21.3. The number of anilines is 2. The summed E-state index contributed by atoms with van der Waals surface area (Å²) in [5, 5.41) is 2.63. The van der Waals surface area contributed by atoms with Crippen molar-refractivity contribution in [3.8, 4) is 11.5 Å². The van der Waals surface area contributed by atoms with Crippen molar-refractivity contribution in [1.29, 1.82) is 0 Å². The van der Waals surface area contributed by atoms with E-state index in [0.717, 1.165) is 16.9 Å². The molecule has 3 atom stereocenters. The monoisotopic (exact) mass is 587 g/mol. The smallest absolute Gasteiger partial charge is 0.305 e. The van der Waals surface area contributed by atoms with Crippen LogP contribution in [0.1, 0.15) is 21.9 Å². The SMILES string of the molecule is COc1ccc(N2C(=O)[C@H]3[C@H](c4ccccc4OCC(=O)Nc4ccc(C)cc4)c4sc(=O)[nH]c4S[C@H]3C2=O)cc1. The van der Waals surface area contributed by atoms with Crippen LogP contribution >= 0.6 is 23.1 Å². The summed E-state index contributed by atoms with van der Waals surface area (Å²) in [5.41, 5.74) is 2.80. The molecule has 1 fully saturated rings. The number of benzene rings is 3. The Balaban J connectivity index is 1.33. The number of ether oxygens (including phenoxy) is 2. The Morgan fingerprint density at radius 3 is 2.44 bits per heavy atom. The third-order valence-electron chi connectivity index (χ3n) is 7.10. The number of hydrogen-bond donors (Lipinski definition) is 2. The average molecular weight is 588 g/mol. The first kappa shape index (κ1) is 26.9. The summed E-state index contributed by atoms with van der Waals surface area (Å²) in [6.45, 7) is 1.70. The second-order valence-electron chi connectivity index (χ2n) is 9.70. The fourth-order valence-corrected chi connectivity index (χ4v) is 7.69. The number of methoxy groups -OCH3 is 1. The molecule has 3 aromatic carbocycles. The molecule has 3 amide bonds. The zero-order valence-electron chi connectivity index (χ0n) is 22.1. The van der Waals surface area contributed by atoms with Crippen molar-refractivity contribution in [2.75, 3.05) is 23.9 Å². The van der Waals surface area contributed by atoms with Gasteiger partial charge in [0.15, 0.2) is 6.61 Å². The van der Waals surface area contributed by atoms with Crippen LogP contribution < -0.4 is 24.6 Å². The molecule has 1 aromatic heterocycles. The number of aromatic nitrogens is 1. The minimum atomic E-state index is -0.778. The van der Waals surface area contributed by atoms with Crippen LogP contribution in [0.4, 0.5) is 11.4 Å². The van der Waals surface area contributed by atoms with Crippen molar-refractivity contribution in [3.05, 3.63) is 98.5 Å². The number of hydrogen-bond acceptors (Lipinski definition) is 8. The summed E-state index contributed by atoms with van der Waals surface area (Å²) < 4.78 is 11.2. The molecule has 0 bridgehead atoms. The van der Waals surface area contributed by atoms with E-state index in [1.807, 2.05) is 43.3 Å². The molecule has 0 spiro atoms. The molecule has 9 nitrogen and oxygen atoms in total. The number of thiazole rings is 1. The highest BCUT2D eigenvalue weighted by Crippen LogP contribution is 2.54. The molecule has 208 valence electrons. The number of aryl methyl sites for hydroxylation is 1. The highest BCUT2D eigenvalue weighted by Gasteiger charge is 2.56. The molecule has 2 N–H and O–H groups in total. The second-order valence-corrected chi connectivity index (χ2v) is 11.9. The maximum Gasteiger partial charge on any atom is 0.305 e. The molecule has 4 aromatic rings. The van der Waals surface area contributed by atoms with Crippen LogP contribution in [0.5, 0.6) is 11.5 Å². The Bertz CT molecular complexity index is 1700. The van der Waals surface area contributed by atoms with E-state index in [1.165, 1.54) is 16.7 Å². The summed E-state index contributed by atoms with van der Waals surface area (Å²) in [4.78, 5) is 57.2. The zero-order chi connectivity index (χ0) is 28.7. The van der Waals surface area contributed by atoms with E-state index in [4.69, 9.17) is 9.47 Å². The van der Waals surface area contributed by atoms with E-state index < -0.39 is 17.1 Å². The number of H-pyrrole nitrogens is 1. The number of carbonyl (C=O) groups excluding carboxylic acids is 3. The van der Waals surface area contributed by atoms with E-state index >= 15 is 0 Å². The van der Waals surface area contributed by atoms with Gasteiger partial charge in [0.1, 0.15) is 16.7 Å². The molecule has 3 heterocycles. The van der Waals surface area contributed by atoms with Gasteiger partial charge in [0.2, 0.25) is 11.8 Å². The van der Waals surface area contributed by atoms with Crippen molar-refractivity contribution >= 4 is 52.2 Å². The number of imide groups is 1. The maximum atomic E-state index is 14.0. The lowest BCUT2D eigenvalue weighted by atomic mass is 9.82. The molecule has 11 heteroatoms. The second kappa shape index (κ2) is 10.9. The average Bonchev–Trinajstić information content (AvgIpc) is 3.47. The molecule has 0 aliphatic carbocycles. The number of nitrogens with zero attached hydrogens (tertiary/aromatic N) is 1. The summed E-state index contributed by atoms with van der Waals surface area (Å²) >= 11 is 2.22. The van der Waals surface area contributed by atoms with Gasteiger partial charge < -0.3 is 19.8 Å². The lowest BCUT2D eigenvalue weighted by Crippen LogP contribution is -2.32. The number of fused-ring (bicyclic) bond motifs is 2. The first-order valence-electron chi connectivity index (χ1n) is 12.8. The fraction of sp³-hybridized carbons (Fsp3) is 0.200. The van der Waals surface area contributed by atoms with Crippen LogP contribution in [-0.4, -0.2) is 41.7 Å². The van der Waals surface area contributed by atoms with Crippen LogP contribution in [0.2, 0.25) is 0 Å². The van der Waals surface area contributed by atoms with Gasteiger partial charge in [-0.15, -0.1) is 0 Å². The maximum absolute atomic E-state index is 14.0. The fourth-order valence-electron chi connectivity index (χ4n) is 5.18. The van der Waals surface area contributed by atoms with Crippen LogP contribution in [0, 0.1) is 12.8 Å². The molecule has 0 radical (unpaired) electrons. The summed E-state index contributed by atoms with van der Waals surface area (Å²) in [5.74, 6) is -1.46. The predicted octanol–water partition coefficient (Wildman–Crippen LogP) is 4.57. The van der Waals surface area contributed by atoms with Crippen LogP contribution in [0.15, 0.2) is 82.6 Å². The van der Waals surface area contributed by atoms with Gasteiger partial charge in [-0.1, -0.05) is 59.0 Å². The number of nitrogens with one attached hydrogen (secondary N) is 2. The van der Waals surface area contributed by atoms with Gasteiger partial charge in [0.05, 0.1) is 23.7 Å². The lowest BCUT2D eigenvalue weighted by Gasteiger charge is -2.30. The van der Waals surface area contributed by atoms with Crippen molar-refractivity contribution in [3.63, 3.8) is 0 Å². The van der Waals surface area contributed by atoms with Crippen LogP contribution in [0.25, 0.3) is 0 Å². The summed E-state index contributed by atoms with van der Waals surface area (Å²) in [6.07, 6.45) is 0. The van der Waals surface area contributed by atoms with Gasteiger partial charge in [0.25, 0.3) is 5.91 Å². The highest BCUT2D eigenvalue weighted by molar-refractivity contribution is 8.00. The number of rotatable bonds is 7. The molecular weight excluding hydrogens is 562 g/mol. The highest BCUT2D eigenvalue weighted by atomic mass is 32.2. The van der Waals surface area contributed by atoms with Gasteiger partial charge in [-0.25, -0.2) is 4.90 Å². The Morgan fingerprint density at radius 2 is 1.71 bits per heavy atom. The van der Waals surface area contributed by atoms with Gasteiger partial charge in [-0.3, -0.25) is 19.2 Å². The topological polar surface area (TPSA) is 118 Å². The van der Waals surface area contributed by atoms with E-state index in [2.05, 4.69) is 10.3 Å². The predicted molar refractivity (Wildman–Crippen MR) is 157 cm³/mol.